The lowest BCUT2D eigenvalue weighted by atomic mass is 10.2. The third-order valence-corrected chi connectivity index (χ3v) is 3.15. The van der Waals surface area contributed by atoms with Gasteiger partial charge < -0.3 is 0 Å². The highest BCUT2D eigenvalue weighted by molar-refractivity contribution is 14.1. The molecular weight excluding hydrogens is 350 g/mol. The van der Waals surface area contributed by atoms with Gasteiger partial charge in [0.25, 0.3) is 0 Å². The Bertz CT molecular complexity index is 480. The minimum Gasteiger partial charge on any atom is -0.274 e. The van der Waals surface area contributed by atoms with Crippen LogP contribution in [-0.2, 0) is 7.05 Å². The number of rotatable bonds is 0. The Morgan fingerprint density at radius 1 is 1.62 bits per heavy atom. The van der Waals surface area contributed by atoms with Crippen LogP contribution >= 0.6 is 38.5 Å². The molecule has 1 heterocycles. The van der Waals surface area contributed by atoms with Gasteiger partial charge in [-0.3, -0.25) is 4.68 Å². The van der Waals surface area contributed by atoms with Gasteiger partial charge in [0, 0.05) is 16.8 Å². The van der Waals surface area contributed by atoms with Crippen LogP contribution in [0.25, 0.3) is 10.9 Å². The maximum Gasteiger partial charge on any atom is 0.148 e. The highest BCUT2D eigenvalue weighted by atomic mass is 127. The van der Waals surface area contributed by atoms with E-state index in [2.05, 4.69) is 43.6 Å². The zero-order valence-electron chi connectivity index (χ0n) is 6.68. The fourth-order valence-electron chi connectivity index (χ4n) is 1.20. The van der Waals surface area contributed by atoms with E-state index < -0.39 is 0 Å². The summed E-state index contributed by atoms with van der Waals surface area (Å²) in [4.78, 5) is 0. The summed E-state index contributed by atoms with van der Waals surface area (Å²) >= 11 is 5.30. The van der Waals surface area contributed by atoms with E-state index in [1.807, 2.05) is 0 Å². The molecule has 0 saturated carbocycles. The Morgan fingerprint density at radius 2 is 2.31 bits per heavy atom. The Balaban J connectivity index is 2.95. The second-order valence-corrected chi connectivity index (χ2v) is 4.74. The molecule has 0 bridgehead atoms. The van der Waals surface area contributed by atoms with Gasteiger partial charge in [-0.2, -0.15) is 5.10 Å². The van der Waals surface area contributed by atoms with Crippen LogP contribution in [0.5, 0.6) is 0 Å². The fraction of sp³-hybridized carbons (Fsp3) is 0.125. The normalized spacial score (nSPS) is 11.1. The smallest absolute Gasteiger partial charge is 0.148 e. The van der Waals surface area contributed by atoms with Gasteiger partial charge in [-0.25, -0.2) is 4.39 Å². The molecule has 0 aliphatic heterocycles. The highest BCUT2D eigenvalue weighted by Gasteiger charge is 2.11. The third kappa shape index (κ3) is 1.48. The predicted octanol–water partition coefficient (Wildman–Crippen LogP) is 3.08. The van der Waals surface area contributed by atoms with Gasteiger partial charge in [0.2, 0.25) is 0 Å². The van der Waals surface area contributed by atoms with Crippen molar-refractivity contribution in [2.24, 2.45) is 7.05 Å². The molecule has 68 valence electrons. The molecule has 0 unspecified atom stereocenters. The summed E-state index contributed by atoms with van der Waals surface area (Å²) in [6, 6.07) is 1.73. The van der Waals surface area contributed by atoms with E-state index >= 15 is 0 Å². The van der Waals surface area contributed by atoms with Gasteiger partial charge in [0.1, 0.15) is 11.3 Å². The number of fused-ring (bicyclic) bond motifs is 1. The van der Waals surface area contributed by atoms with Crippen molar-refractivity contribution >= 4 is 49.4 Å². The zero-order valence-corrected chi connectivity index (χ0v) is 10.4. The average Bonchev–Trinajstić information content (AvgIpc) is 2.44. The van der Waals surface area contributed by atoms with E-state index in [9.17, 15) is 4.39 Å². The van der Waals surface area contributed by atoms with Gasteiger partial charge in [-0.15, -0.1) is 0 Å². The number of aryl methyl sites for hydroxylation is 1. The minimum absolute atomic E-state index is 0.247. The van der Waals surface area contributed by atoms with Crippen molar-refractivity contribution in [2.45, 2.75) is 0 Å². The topological polar surface area (TPSA) is 17.8 Å². The number of hydrogen-bond donors (Lipinski definition) is 0. The SMILES string of the molecule is Cn1cc2c(F)c(Br)cc(I)c2n1. The van der Waals surface area contributed by atoms with Crippen molar-refractivity contribution < 1.29 is 4.39 Å². The van der Waals surface area contributed by atoms with E-state index in [-0.39, 0.29) is 5.82 Å². The minimum atomic E-state index is -0.247. The largest absolute Gasteiger partial charge is 0.274 e. The first kappa shape index (κ1) is 9.39. The van der Waals surface area contributed by atoms with Crippen LogP contribution in [0.2, 0.25) is 0 Å². The van der Waals surface area contributed by atoms with Crippen molar-refractivity contribution in [3.8, 4) is 0 Å². The fourth-order valence-corrected chi connectivity index (χ4v) is 2.78. The summed E-state index contributed by atoms with van der Waals surface area (Å²) < 4.78 is 16.5. The third-order valence-electron chi connectivity index (χ3n) is 1.75. The molecule has 0 aliphatic rings. The molecule has 0 saturated heterocycles. The molecule has 2 nitrogen and oxygen atoms in total. The number of aromatic nitrogens is 2. The second-order valence-electron chi connectivity index (χ2n) is 2.72. The van der Waals surface area contributed by atoms with Crippen LogP contribution in [0.1, 0.15) is 0 Å². The molecule has 1 aromatic heterocycles. The van der Waals surface area contributed by atoms with Crippen LogP contribution in [0.4, 0.5) is 4.39 Å². The first-order valence-electron chi connectivity index (χ1n) is 3.56. The van der Waals surface area contributed by atoms with E-state index in [1.54, 1.807) is 24.0 Å². The summed E-state index contributed by atoms with van der Waals surface area (Å²) in [6.45, 7) is 0. The van der Waals surface area contributed by atoms with Gasteiger partial charge in [0.15, 0.2) is 0 Å². The lowest BCUT2D eigenvalue weighted by Gasteiger charge is -1.96. The van der Waals surface area contributed by atoms with E-state index in [0.717, 1.165) is 3.57 Å². The number of benzene rings is 1. The molecule has 5 heteroatoms. The van der Waals surface area contributed by atoms with Crippen molar-refractivity contribution in [1.29, 1.82) is 0 Å². The number of hydrogen-bond acceptors (Lipinski definition) is 1. The van der Waals surface area contributed by atoms with Crippen molar-refractivity contribution in [1.82, 2.24) is 9.78 Å². The lowest BCUT2D eigenvalue weighted by molar-refractivity contribution is 0.633. The summed E-state index contributed by atoms with van der Waals surface area (Å²) in [5, 5.41) is 4.72. The van der Waals surface area contributed by atoms with Gasteiger partial charge in [0.05, 0.1) is 9.86 Å². The summed E-state index contributed by atoms with van der Waals surface area (Å²) in [6.07, 6.45) is 1.68. The van der Waals surface area contributed by atoms with E-state index in [1.165, 1.54) is 0 Å². The van der Waals surface area contributed by atoms with E-state index in [0.29, 0.717) is 15.4 Å². The Labute approximate surface area is 96.4 Å². The van der Waals surface area contributed by atoms with Crippen LogP contribution in [0.3, 0.4) is 0 Å². The van der Waals surface area contributed by atoms with Crippen molar-refractivity contribution in [3.63, 3.8) is 0 Å². The zero-order chi connectivity index (χ0) is 9.59. The van der Waals surface area contributed by atoms with Crippen LogP contribution in [0.15, 0.2) is 16.7 Å². The van der Waals surface area contributed by atoms with Gasteiger partial charge in [-0.05, 0) is 44.6 Å². The van der Waals surface area contributed by atoms with Crippen LogP contribution < -0.4 is 0 Å². The van der Waals surface area contributed by atoms with Crippen LogP contribution in [-0.4, -0.2) is 9.78 Å². The predicted molar refractivity (Wildman–Crippen MR) is 61.1 cm³/mol. The molecule has 0 fully saturated rings. The average molecular weight is 355 g/mol. The van der Waals surface area contributed by atoms with Crippen molar-refractivity contribution in [2.75, 3.05) is 0 Å². The molecule has 2 rings (SSSR count). The van der Waals surface area contributed by atoms with Gasteiger partial charge in [-0.1, -0.05) is 0 Å². The van der Waals surface area contributed by atoms with E-state index in [4.69, 9.17) is 0 Å². The second kappa shape index (κ2) is 3.20. The summed E-state index contributed by atoms with van der Waals surface area (Å²) in [7, 11) is 1.78. The monoisotopic (exact) mass is 354 g/mol. The molecule has 0 atom stereocenters. The number of nitrogens with zero attached hydrogens (tertiary/aromatic N) is 2. The first-order valence-corrected chi connectivity index (χ1v) is 5.43. The van der Waals surface area contributed by atoms with Crippen molar-refractivity contribution in [3.05, 3.63) is 26.1 Å². The Hall–Kier alpha value is -0.170. The van der Waals surface area contributed by atoms with Gasteiger partial charge >= 0.3 is 0 Å². The maximum absolute atomic E-state index is 13.5. The first-order chi connectivity index (χ1) is 6.09. The molecule has 1 aromatic carbocycles. The highest BCUT2D eigenvalue weighted by Crippen LogP contribution is 2.28. The Morgan fingerprint density at radius 3 is 3.00 bits per heavy atom. The summed E-state index contributed by atoms with van der Waals surface area (Å²) in [5.41, 5.74) is 0.712. The summed E-state index contributed by atoms with van der Waals surface area (Å²) in [5.74, 6) is -0.247. The lowest BCUT2D eigenvalue weighted by Crippen LogP contribution is -1.86. The molecule has 0 spiro atoms. The molecular formula is C8H5BrFIN2. The maximum atomic E-state index is 13.5. The molecule has 0 amide bonds. The quantitative estimate of drug-likeness (QED) is 0.525. The molecule has 13 heavy (non-hydrogen) atoms. The molecule has 0 N–H and O–H groups in total. The number of halogens is 3. The van der Waals surface area contributed by atoms with Crippen LogP contribution in [0, 0.1) is 9.39 Å². The standard InChI is InChI=1S/C8H5BrFIN2/c1-13-3-4-7(10)5(9)2-6(11)8(4)12-13/h2-3H,1H3. The molecule has 0 radical (unpaired) electrons. The Kier molecular flexibility index (Phi) is 2.31. The molecule has 2 aromatic rings. The molecule has 0 aliphatic carbocycles.